The van der Waals surface area contributed by atoms with Gasteiger partial charge in [-0.3, -0.25) is 0 Å². The van der Waals surface area contributed by atoms with E-state index < -0.39 is 0 Å². The molecule has 1 nitrogen and oxygen atoms in total. The highest BCUT2D eigenvalue weighted by atomic mass is 79.9. The first kappa shape index (κ1) is 15.0. The molecule has 0 fully saturated rings. The van der Waals surface area contributed by atoms with Crippen LogP contribution in [0, 0.1) is 0 Å². The van der Waals surface area contributed by atoms with Crippen molar-refractivity contribution < 1.29 is 0 Å². The highest BCUT2D eigenvalue weighted by Crippen LogP contribution is 2.22. The minimum Gasteiger partial charge on any atom is -0.312 e. The van der Waals surface area contributed by atoms with Gasteiger partial charge in [0.05, 0.1) is 0 Å². The van der Waals surface area contributed by atoms with E-state index in [2.05, 4.69) is 48.1 Å². The minimum atomic E-state index is 0.223. The second-order valence-electron chi connectivity index (χ2n) is 5.37. The van der Waals surface area contributed by atoms with Crippen molar-refractivity contribution >= 4 is 27.5 Å². The Hall–Kier alpha value is -0.0500. The fourth-order valence-electron chi connectivity index (χ4n) is 1.63. The molecule has 0 atom stereocenters. The third kappa shape index (κ3) is 6.44. The molecule has 0 unspecified atom stereocenters. The van der Waals surface area contributed by atoms with Crippen LogP contribution in [0.3, 0.4) is 0 Å². The average molecular weight is 319 g/mol. The fraction of sp³-hybridized carbons (Fsp3) is 0.571. The number of aryl methyl sites for hydroxylation is 1. The van der Waals surface area contributed by atoms with Crippen molar-refractivity contribution in [3.05, 3.63) is 33.3 Å². The maximum Gasteiger partial charge on any atom is 0.0417 e. The van der Waals surface area contributed by atoms with Crippen molar-refractivity contribution in [1.82, 2.24) is 5.32 Å². The number of hydrogen-bond donors (Lipinski definition) is 1. The molecule has 0 radical (unpaired) electrons. The Kier molecular flexibility index (Phi) is 5.98. The predicted molar refractivity (Wildman–Crippen MR) is 79.8 cm³/mol. The van der Waals surface area contributed by atoms with Crippen LogP contribution < -0.4 is 5.32 Å². The molecule has 3 heteroatoms. The van der Waals surface area contributed by atoms with Gasteiger partial charge < -0.3 is 5.32 Å². The smallest absolute Gasteiger partial charge is 0.0417 e. The summed E-state index contributed by atoms with van der Waals surface area (Å²) in [4.78, 5) is 0. The molecule has 0 aliphatic rings. The number of unbranched alkanes of at least 4 members (excludes halogenated alkanes) is 1. The lowest BCUT2D eigenvalue weighted by atomic mass is 10.1. The van der Waals surface area contributed by atoms with E-state index in [-0.39, 0.29) is 5.54 Å². The summed E-state index contributed by atoms with van der Waals surface area (Å²) in [5, 5.41) is 4.29. The first-order valence-corrected chi connectivity index (χ1v) is 7.24. The third-order valence-corrected chi connectivity index (χ3v) is 3.52. The molecule has 17 heavy (non-hydrogen) atoms. The molecule has 1 aromatic rings. The maximum atomic E-state index is 5.91. The standard InChI is InChI=1S/C14H21BrClN/c1-14(2,3)17-9-5-4-6-11-7-8-12(16)10-13(11)15/h7-8,10,17H,4-6,9H2,1-3H3. The summed E-state index contributed by atoms with van der Waals surface area (Å²) in [7, 11) is 0. The molecule has 0 saturated carbocycles. The van der Waals surface area contributed by atoms with E-state index in [1.807, 2.05) is 12.1 Å². The van der Waals surface area contributed by atoms with Gasteiger partial charge in [0.15, 0.2) is 0 Å². The Morgan fingerprint density at radius 1 is 1.24 bits per heavy atom. The molecule has 1 aromatic carbocycles. The quantitative estimate of drug-likeness (QED) is 0.768. The molecular weight excluding hydrogens is 298 g/mol. The monoisotopic (exact) mass is 317 g/mol. The van der Waals surface area contributed by atoms with Gasteiger partial charge in [-0.25, -0.2) is 0 Å². The van der Waals surface area contributed by atoms with Gasteiger partial charge >= 0.3 is 0 Å². The lowest BCUT2D eigenvalue weighted by molar-refractivity contribution is 0.419. The summed E-state index contributed by atoms with van der Waals surface area (Å²) in [5.41, 5.74) is 1.56. The van der Waals surface area contributed by atoms with Crippen molar-refractivity contribution in [2.75, 3.05) is 6.54 Å². The molecule has 0 saturated heterocycles. The van der Waals surface area contributed by atoms with E-state index in [4.69, 9.17) is 11.6 Å². The number of hydrogen-bond acceptors (Lipinski definition) is 1. The number of rotatable bonds is 5. The molecule has 0 aliphatic heterocycles. The van der Waals surface area contributed by atoms with Crippen molar-refractivity contribution in [3.8, 4) is 0 Å². The van der Waals surface area contributed by atoms with E-state index >= 15 is 0 Å². The second kappa shape index (κ2) is 6.77. The fourth-order valence-corrected chi connectivity index (χ4v) is 2.51. The average Bonchev–Trinajstić information content (AvgIpc) is 2.18. The first-order chi connectivity index (χ1) is 7.88. The highest BCUT2D eigenvalue weighted by molar-refractivity contribution is 9.10. The van der Waals surface area contributed by atoms with Crippen LogP contribution in [0.15, 0.2) is 22.7 Å². The number of benzene rings is 1. The Bertz CT molecular complexity index is 358. The van der Waals surface area contributed by atoms with Crippen molar-refractivity contribution in [3.63, 3.8) is 0 Å². The van der Waals surface area contributed by atoms with Crippen LogP contribution in [0.1, 0.15) is 39.2 Å². The molecule has 0 bridgehead atoms. The molecular formula is C14H21BrClN. The molecule has 0 heterocycles. The van der Waals surface area contributed by atoms with Gasteiger partial charge in [0.2, 0.25) is 0 Å². The summed E-state index contributed by atoms with van der Waals surface area (Å²) in [6.07, 6.45) is 3.50. The molecule has 0 aromatic heterocycles. The topological polar surface area (TPSA) is 12.0 Å². The van der Waals surface area contributed by atoms with E-state index in [0.717, 1.165) is 22.5 Å². The van der Waals surface area contributed by atoms with Crippen LogP contribution in [-0.4, -0.2) is 12.1 Å². The van der Waals surface area contributed by atoms with Gasteiger partial charge in [-0.1, -0.05) is 33.6 Å². The normalized spacial score (nSPS) is 11.8. The zero-order chi connectivity index (χ0) is 12.9. The second-order valence-corrected chi connectivity index (χ2v) is 6.66. The first-order valence-electron chi connectivity index (χ1n) is 6.07. The number of halogens is 2. The van der Waals surface area contributed by atoms with Crippen LogP contribution in [0.2, 0.25) is 5.02 Å². The third-order valence-electron chi connectivity index (χ3n) is 2.54. The van der Waals surface area contributed by atoms with Gasteiger partial charge in [0, 0.05) is 15.0 Å². The SMILES string of the molecule is CC(C)(C)NCCCCc1ccc(Cl)cc1Br. The zero-order valence-corrected chi connectivity index (χ0v) is 13.2. The lowest BCUT2D eigenvalue weighted by Crippen LogP contribution is -2.36. The summed E-state index contributed by atoms with van der Waals surface area (Å²) in [5.74, 6) is 0. The summed E-state index contributed by atoms with van der Waals surface area (Å²) in [6, 6.07) is 6.02. The Balaban J connectivity index is 2.27. The largest absolute Gasteiger partial charge is 0.312 e. The van der Waals surface area contributed by atoms with Gasteiger partial charge in [0.1, 0.15) is 0 Å². The van der Waals surface area contributed by atoms with Gasteiger partial charge in [-0.05, 0) is 64.3 Å². The van der Waals surface area contributed by atoms with Crippen LogP contribution >= 0.6 is 27.5 Å². The Labute approximate surface area is 118 Å². The molecule has 1 rings (SSSR count). The van der Waals surface area contributed by atoms with Crippen LogP contribution in [0.25, 0.3) is 0 Å². The summed E-state index contributed by atoms with van der Waals surface area (Å²) < 4.78 is 1.12. The van der Waals surface area contributed by atoms with Crippen LogP contribution in [-0.2, 0) is 6.42 Å². The molecule has 0 spiro atoms. The van der Waals surface area contributed by atoms with E-state index in [0.29, 0.717) is 0 Å². The minimum absolute atomic E-state index is 0.223. The predicted octanol–water partition coefficient (Wildman–Crippen LogP) is 4.81. The van der Waals surface area contributed by atoms with E-state index in [1.165, 1.54) is 18.4 Å². The maximum absolute atomic E-state index is 5.91. The van der Waals surface area contributed by atoms with Gasteiger partial charge in [-0.15, -0.1) is 0 Å². The molecule has 1 N–H and O–H groups in total. The Morgan fingerprint density at radius 2 is 1.94 bits per heavy atom. The molecule has 0 aliphatic carbocycles. The van der Waals surface area contributed by atoms with E-state index in [1.54, 1.807) is 0 Å². The highest BCUT2D eigenvalue weighted by Gasteiger charge is 2.07. The van der Waals surface area contributed by atoms with Crippen molar-refractivity contribution in [2.45, 2.75) is 45.6 Å². The molecule has 0 amide bonds. The summed E-state index contributed by atoms with van der Waals surface area (Å²) >= 11 is 9.46. The van der Waals surface area contributed by atoms with Crippen molar-refractivity contribution in [2.24, 2.45) is 0 Å². The molecule has 96 valence electrons. The van der Waals surface area contributed by atoms with Crippen LogP contribution in [0.5, 0.6) is 0 Å². The van der Waals surface area contributed by atoms with Crippen LogP contribution in [0.4, 0.5) is 0 Å². The number of nitrogens with one attached hydrogen (secondary N) is 1. The van der Waals surface area contributed by atoms with Gasteiger partial charge in [0.25, 0.3) is 0 Å². The zero-order valence-electron chi connectivity index (χ0n) is 10.8. The van der Waals surface area contributed by atoms with Crippen molar-refractivity contribution in [1.29, 1.82) is 0 Å². The van der Waals surface area contributed by atoms with Gasteiger partial charge in [-0.2, -0.15) is 0 Å². The lowest BCUT2D eigenvalue weighted by Gasteiger charge is -2.20. The Morgan fingerprint density at radius 3 is 2.53 bits per heavy atom. The summed E-state index contributed by atoms with van der Waals surface area (Å²) in [6.45, 7) is 7.67. The van der Waals surface area contributed by atoms with E-state index in [9.17, 15) is 0 Å².